The van der Waals surface area contributed by atoms with Crippen LogP contribution in [0.5, 0.6) is 0 Å². The second-order valence-electron chi connectivity index (χ2n) is 4.82. The normalized spacial score (nSPS) is 13.6. The van der Waals surface area contributed by atoms with Crippen molar-refractivity contribution < 1.29 is 13.2 Å². The molecular weight excluding hydrogens is 319 g/mol. The van der Waals surface area contributed by atoms with Gasteiger partial charge in [-0.2, -0.15) is 13.2 Å². The fraction of sp³-hybridized carbons (Fsp3) is 0.571. The number of aryl methyl sites for hydroxylation is 2. The van der Waals surface area contributed by atoms with Crippen molar-refractivity contribution in [2.45, 2.75) is 45.3 Å². The van der Waals surface area contributed by atoms with E-state index in [0.29, 0.717) is 6.42 Å². The molecule has 0 amide bonds. The van der Waals surface area contributed by atoms with E-state index in [2.05, 4.69) is 21.2 Å². The Bertz CT molecular complexity index is 406. The fourth-order valence-electron chi connectivity index (χ4n) is 2.16. The first-order chi connectivity index (χ1) is 8.74. The minimum atomic E-state index is -4.07. The third kappa shape index (κ3) is 5.15. The third-order valence-electron chi connectivity index (χ3n) is 3.16. The Morgan fingerprint density at radius 3 is 2.16 bits per heavy atom. The van der Waals surface area contributed by atoms with Gasteiger partial charge in [0, 0.05) is 16.9 Å². The maximum absolute atomic E-state index is 12.2. The van der Waals surface area contributed by atoms with Crippen LogP contribution in [0.15, 0.2) is 16.6 Å². The van der Waals surface area contributed by atoms with Crippen LogP contribution in [0.2, 0.25) is 0 Å². The molecule has 1 nitrogen and oxygen atoms in total. The molecule has 0 spiro atoms. The van der Waals surface area contributed by atoms with E-state index in [9.17, 15) is 13.2 Å². The minimum Gasteiger partial charge on any atom is -0.313 e. The van der Waals surface area contributed by atoms with Crippen LogP contribution in [-0.4, -0.2) is 13.2 Å². The van der Waals surface area contributed by atoms with Gasteiger partial charge in [0.25, 0.3) is 0 Å². The van der Waals surface area contributed by atoms with E-state index in [1.165, 1.54) is 0 Å². The van der Waals surface area contributed by atoms with Crippen LogP contribution < -0.4 is 5.32 Å². The van der Waals surface area contributed by atoms with Gasteiger partial charge in [-0.25, -0.2) is 0 Å². The molecule has 0 heterocycles. The van der Waals surface area contributed by atoms with Crippen molar-refractivity contribution in [3.05, 3.63) is 33.3 Å². The standard InChI is InChI=1S/C14H19BrF3N/c1-9-7-11(8-10(2)13(9)15)12(19-3)5-4-6-14(16,17)18/h7-8,12,19H,4-6H2,1-3H3. The number of benzene rings is 1. The van der Waals surface area contributed by atoms with Gasteiger partial charge in [-0.1, -0.05) is 28.1 Å². The SMILES string of the molecule is CNC(CCCC(F)(F)F)c1cc(C)c(Br)c(C)c1. The molecule has 5 heteroatoms. The second kappa shape index (κ2) is 6.75. The maximum Gasteiger partial charge on any atom is 0.389 e. The summed E-state index contributed by atoms with van der Waals surface area (Å²) in [5.74, 6) is 0. The highest BCUT2D eigenvalue weighted by molar-refractivity contribution is 9.10. The van der Waals surface area contributed by atoms with Gasteiger partial charge in [-0.3, -0.25) is 0 Å². The van der Waals surface area contributed by atoms with Crippen molar-refractivity contribution in [1.82, 2.24) is 5.32 Å². The van der Waals surface area contributed by atoms with E-state index >= 15 is 0 Å². The molecule has 0 fully saturated rings. The summed E-state index contributed by atoms with van der Waals surface area (Å²) in [4.78, 5) is 0. The Hall–Kier alpha value is -0.550. The molecule has 0 aliphatic carbocycles. The van der Waals surface area contributed by atoms with Crippen molar-refractivity contribution in [1.29, 1.82) is 0 Å². The lowest BCUT2D eigenvalue weighted by Gasteiger charge is -2.19. The summed E-state index contributed by atoms with van der Waals surface area (Å²) in [5.41, 5.74) is 3.25. The molecule has 19 heavy (non-hydrogen) atoms. The molecule has 0 radical (unpaired) electrons. The molecule has 0 saturated carbocycles. The average molecular weight is 338 g/mol. The number of nitrogens with one attached hydrogen (secondary N) is 1. The Kier molecular flexibility index (Phi) is 5.86. The Morgan fingerprint density at radius 1 is 1.21 bits per heavy atom. The van der Waals surface area contributed by atoms with Gasteiger partial charge in [0.05, 0.1) is 0 Å². The predicted molar refractivity (Wildman–Crippen MR) is 75.3 cm³/mol. The molecule has 108 valence electrons. The molecule has 1 N–H and O–H groups in total. The van der Waals surface area contributed by atoms with Crippen LogP contribution in [0.25, 0.3) is 0 Å². The molecule has 1 aromatic carbocycles. The second-order valence-corrected chi connectivity index (χ2v) is 5.61. The van der Waals surface area contributed by atoms with E-state index in [1.807, 2.05) is 26.0 Å². The summed E-state index contributed by atoms with van der Waals surface area (Å²) >= 11 is 3.49. The van der Waals surface area contributed by atoms with Crippen molar-refractivity contribution in [2.24, 2.45) is 0 Å². The van der Waals surface area contributed by atoms with E-state index in [0.717, 1.165) is 21.2 Å². The zero-order valence-electron chi connectivity index (χ0n) is 11.4. The van der Waals surface area contributed by atoms with Gasteiger partial charge < -0.3 is 5.32 Å². The number of rotatable bonds is 5. The van der Waals surface area contributed by atoms with Crippen LogP contribution in [0, 0.1) is 13.8 Å². The predicted octanol–water partition coefficient (Wildman–Crippen LogP) is 5.06. The van der Waals surface area contributed by atoms with Crippen LogP contribution in [0.1, 0.15) is 42.0 Å². The smallest absolute Gasteiger partial charge is 0.313 e. The fourth-order valence-corrected chi connectivity index (χ4v) is 2.39. The summed E-state index contributed by atoms with van der Waals surface area (Å²) < 4.78 is 37.6. The first-order valence-corrected chi connectivity index (χ1v) is 7.04. The lowest BCUT2D eigenvalue weighted by Crippen LogP contribution is -2.18. The highest BCUT2D eigenvalue weighted by atomic mass is 79.9. The van der Waals surface area contributed by atoms with Gasteiger partial charge in [0.2, 0.25) is 0 Å². The molecule has 1 unspecified atom stereocenters. The van der Waals surface area contributed by atoms with Crippen molar-refractivity contribution in [3.8, 4) is 0 Å². The molecular formula is C14H19BrF3N. The molecule has 0 aliphatic heterocycles. The topological polar surface area (TPSA) is 12.0 Å². The summed E-state index contributed by atoms with van der Waals surface area (Å²) in [6.45, 7) is 3.98. The summed E-state index contributed by atoms with van der Waals surface area (Å²) in [7, 11) is 1.78. The van der Waals surface area contributed by atoms with Gasteiger partial charge in [-0.15, -0.1) is 0 Å². The summed E-state index contributed by atoms with van der Waals surface area (Å²) in [6, 6.07) is 4.00. The lowest BCUT2D eigenvalue weighted by atomic mass is 9.97. The molecule has 0 aliphatic rings. The highest BCUT2D eigenvalue weighted by Crippen LogP contribution is 2.29. The first kappa shape index (κ1) is 16.5. The minimum absolute atomic E-state index is 0.0344. The summed E-state index contributed by atoms with van der Waals surface area (Å²) in [5, 5.41) is 3.10. The van der Waals surface area contributed by atoms with Crippen LogP contribution in [0.3, 0.4) is 0 Å². The Labute approximate surface area is 120 Å². The van der Waals surface area contributed by atoms with Crippen LogP contribution in [-0.2, 0) is 0 Å². The molecule has 0 bridgehead atoms. The van der Waals surface area contributed by atoms with Crippen LogP contribution in [0.4, 0.5) is 13.2 Å². The van der Waals surface area contributed by atoms with Crippen molar-refractivity contribution in [2.75, 3.05) is 7.05 Å². The molecule has 0 aromatic heterocycles. The summed E-state index contributed by atoms with van der Waals surface area (Å²) in [6.07, 6.45) is -4.16. The monoisotopic (exact) mass is 337 g/mol. The van der Waals surface area contributed by atoms with Gasteiger partial charge in [-0.05, 0) is 50.4 Å². The first-order valence-electron chi connectivity index (χ1n) is 6.25. The van der Waals surface area contributed by atoms with E-state index < -0.39 is 12.6 Å². The quantitative estimate of drug-likeness (QED) is 0.791. The van der Waals surface area contributed by atoms with Crippen molar-refractivity contribution in [3.63, 3.8) is 0 Å². The molecule has 1 aromatic rings. The number of halogens is 4. The highest BCUT2D eigenvalue weighted by Gasteiger charge is 2.26. The van der Waals surface area contributed by atoms with Gasteiger partial charge in [0.15, 0.2) is 0 Å². The Morgan fingerprint density at radius 2 is 1.74 bits per heavy atom. The van der Waals surface area contributed by atoms with E-state index in [4.69, 9.17) is 0 Å². The third-order valence-corrected chi connectivity index (χ3v) is 4.41. The molecule has 1 atom stereocenters. The maximum atomic E-state index is 12.2. The molecule has 1 rings (SSSR count). The largest absolute Gasteiger partial charge is 0.389 e. The Balaban J connectivity index is 2.75. The zero-order valence-corrected chi connectivity index (χ0v) is 13.0. The van der Waals surface area contributed by atoms with Crippen LogP contribution >= 0.6 is 15.9 Å². The van der Waals surface area contributed by atoms with Gasteiger partial charge >= 0.3 is 6.18 Å². The average Bonchev–Trinajstić information content (AvgIpc) is 2.29. The van der Waals surface area contributed by atoms with E-state index in [-0.39, 0.29) is 12.5 Å². The molecule has 0 saturated heterocycles. The zero-order chi connectivity index (χ0) is 14.6. The number of hydrogen-bond donors (Lipinski definition) is 1. The van der Waals surface area contributed by atoms with E-state index in [1.54, 1.807) is 7.05 Å². The number of alkyl halides is 3. The van der Waals surface area contributed by atoms with Crippen molar-refractivity contribution >= 4 is 15.9 Å². The lowest BCUT2D eigenvalue weighted by molar-refractivity contribution is -0.135. The van der Waals surface area contributed by atoms with Gasteiger partial charge in [0.1, 0.15) is 0 Å². The number of hydrogen-bond acceptors (Lipinski definition) is 1.